The van der Waals surface area contributed by atoms with Gasteiger partial charge in [0.05, 0.1) is 12.6 Å². The molecule has 0 atom stereocenters. The fraction of sp³-hybridized carbons (Fsp3) is 0.529. The predicted octanol–water partition coefficient (Wildman–Crippen LogP) is 1.70. The van der Waals surface area contributed by atoms with Crippen LogP contribution in [0.3, 0.4) is 0 Å². The molecule has 1 heterocycles. The topological polar surface area (TPSA) is 50.6 Å². The zero-order valence-corrected chi connectivity index (χ0v) is 13.8. The predicted molar refractivity (Wildman–Crippen MR) is 87.5 cm³/mol. The van der Waals surface area contributed by atoms with Gasteiger partial charge in [0.25, 0.3) is 0 Å². The number of carbonyl (C=O) groups is 1. The second kappa shape index (κ2) is 6.37. The molecular weight excluding hydrogens is 276 g/mol. The molecule has 0 saturated carbocycles. The molecule has 2 rings (SSSR count). The number of fused-ring (bicyclic) bond motifs is 1. The maximum absolute atomic E-state index is 12.4. The van der Waals surface area contributed by atoms with Gasteiger partial charge in [-0.1, -0.05) is 18.2 Å². The highest BCUT2D eigenvalue weighted by molar-refractivity contribution is 5.79. The monoisotopic (exact) mass is 300 g/mol. The van der Waals surface area contributed by atoms with E-state index in [4.69, 9.17) is 5.26 Å². The summed E-state index contributed by atoms with van der Waals surface area (Å²) < 4.78 is 0. The maximum Gasteiger partial charge on any atom is 0.237 e. The van der Waals surface area contributed by atoms with Crippen molar-refractivity contribution in [3.8, 4) is 6.07 Å². The molecule has 5 nitrogen and oxygen atoms in total. The Morgan fingerprint density at radius 1 is 1.36 bits per heavy atom. The van der Waals surface area contributed by atoms with E-state index in [1.165, 1.54) is 16.2 Å². The molecule has 0 unspecified atom stereocenters. The summed E-state index contributed by atoms with van der Waals surface area (Å²) in [7, 11) is 3.78. The highest BCUT2D eigenvalue weighted by Crippen LogP contribution is 2.23. The van der Waals surface area contributed by atoms with Crippen LogP contribution in [0.5, 0.6) is 0 Å². The second-order valence-corrected chi connectivity index (χ2v) is 6.38. The minimum absolute atomic E-state index is 0.0198. The van der Waals surface area contributed by atoms with Crippen LogP contribution in [0.15, 0.2) is 24.3 Å². The molecule has 1 amide bonds. The molecule has 0 fully saturated rings. The molecule has 1 aliphatic rings. The zero-order valence-electron chi connectivity index (χ0n) is 13.8. The molecule has 118 valence electrons. The van der Waals surface area contributed by atoms with Gasteiger partial charge in [0.2, 0.25) is 5.91 Å². The number of para-hydroxylation sites is 1. The lowest BCUT2D eigenvalue weighted by atomic mass is 10.1. The molecule has 1 aromatic rings. The van der Waals surface area contributed by atoms with Crippen LogP contribution in [-0.4, -0.2) is 55.0 Å². The summed E-state index contributed by atoms with van der Waals surface area (Å²) in [6, 6.07) is 10.5. The Morgan fingerprint density at radius 3 is 2.73 bits per heavy atom. The molecule has 0 spiro atoms. The summed E-state index contributed by atoms with van der Waals surface area (Å²) in [6.07, 6.45) is 0. The van der Waals surface area contributed by atoms with Gasteiger partial charge >= 0.3 is 0 Å². The molecule has 1 aromatic carbocycles. The van der Waals surface area contributed by atoms with Gasteiger partial charge in [-0.2, -0.15) is 5.26 Å². The number of nitrogens with zero attached hydrogens (tertiary/aromatic N) is 4. The van der Waals surface area contributed by atoms with Crippen LogP contribution >= 0.6 is 0 Å². The van der Waals surface area contributed by atoms with Crippen molar-refractivity contribution in [1.82, 2.24) is 9.80 Å². The van der Waals surface area contributed by atoms with Gasteiger partial charge < -0.3 is 9.80 Å². The molecule has 1 aliphatic heterocycles. The molecule has 22 heavy (non-hydrogen) atoms. The van der Waals surface area contributed by atoms with Gasteiger partial charge in [0.15, 0.2) is 0 Å². The maximum atomic E-state index is 12.4. The van der Waals surface area contributed by atoms with E-state index < -0.39 is 5.54 Å². The molecule has 0 radical (unpaired) electrons. The van der Waals surface area contributed by atoms with Crippen molar-refractivity contribution in [2.75, 3.05) is 38.6 Å². The Hall–Kier alpha value is -2.06. The minimum atomic E-state index is -0.780. The Morgan fingerprint density at radius 2 is 2.05 bits per heavy atom. The highest BCUT2D eigenvalue weighted by Gasteiger charge is 2.29. The molecule has 0 N–H and O–H groups in total. The van der Waals surface area contributed by atoms with E-state index in [1.54, 1.807) is 20.9 Å². The van der Waals surface area contributed by atoms with Crippen LogP contribution in [0.25, 0.3) is 0 Å². The number of hydrogen-bond acceptors (Lipinski definition) is 4. The summed E-state index contributed by atoms with van der Waals surface area (Å²) >= 11 is 0. The molecular formula is C17H24N4O. The lowest BCUT2D eigenvalue weighted by molar-refractivity contribution is -0.134. The Kier molecular flexibility index (Phi) is 4.72. The number of benzene rings is 1. The number of likely N-dealkylation sites (N-methyl/N-ethyl adjacent to an activating group) is 2. The van der Waals surface area contributed by atoms with E-state index in [0.717, 1.165) is 19.6 Å². The van der Waals surface area contributed by atoms with E-state index in [2.05, 4.69) is 35.0 Å². The number of rotatable bonds is 3. The number of anilines is 1. The third-order valence-electron chi connectivity index (χ3n) is 4.39. The Labute approximate surface area is 132 Å². The molecule has 0 aromatic heterocycles. The first-order valence-corrected chi connectivity index (χ1v) is 7.54. The number of nitriles is 1. The van der Waals surface area contributed by atoms with Crippen LogP contribution in [0, 0.1) is 11.3 Å². The van der Waals surface area contributed by atoms with Gasteiger partial charge in [-0.3, -0.25) is 9.69 Å². The minimum Gasteiger partial charge on any atom is -0.373 e. The normalized spacial score (nSPS) is 15.7. The summed E-state index contributed by atoms with van der Waals surface area (Å²) in [5, 5.41) is 9.16. The smallest absolute Gasteiger partial charge is 0.237 e. The Balaban J connectivity index is 2.09. The van der Waals surface area contributed by atoms with Gasteiger partial charge in [0, 0.05) is 39.4 Å². The zero-order chi connectivity index (χ0) is 16.3. The third kappa shape index (κ3) is 3.40. The van der Waals surface area contributed by atoms with Crippen molar-refractivity contribution in [2.24, 2.45) is 0 Å². The third-order valence-corrected chi connectivity index (χ3v) is 4.39. The number of amides is 1. The fourth-order valence-corrected chi connectivity index (χ4v) is 2.57. The first-order chi connectivity index (χ1) is 10.3. The van der Waals surface area contributed by atoms with Crippen molar-refractivity contribution in [1.29, 1.82) is 5.26 Å². The molecule has 0 bridgehead atoms. The van der Waals surface area contributed by atoms with Crippen LogP contribution < -0.4 is 4.90 Å². The van der Waals surface area contributed by atoms with Gasteiger partial charge in [-0.05, 0) is 25.5 Å². The number of carbonyl (C=O) groups excluding carboxylic acids is 1. The van der Waals surface area contributed by atoms with E-state index in [9.17, 15) is 4.79 Å². The summed E-state index contributed by atoms with van der Waals surface area (Å²) in [4.78, 5) is 18.3. The SMILES string of the molecule is CN1CCN(CC(=O)N(C)C(C)(C)C#N)Cc2ccccc21. The summed E-state index contributed by atoms with van der Waals surface area (Å²) in [6.45, 7) is 6.33. The van der Waals surface area contributed by atoms with Crippen LogP contribution in [0.2, 0.25) is 0 Å². The van der Waals surface area contributed by atoms with Crippen molar-refractivity contribution in [3.05, 3.63) is 29.8 Å². The van der Waals surface area contributed by atoms with Gasteiger partial charge in [-0.15, -0.1) is 0 Å². The van der Waals surface area contributed by atoms with Crippen molar-refractivity contribution in [2.45, 2.75) is 25.9 Å². The largest absolute Gasteiger partial charge is 0.373 e. The molecule has 0 aliphatic carbocycles. The van der Waals surface area contributed by atoms with Crippen molar-refractivity contribution >= 4 is 11.6 Å². The van der Waals surface area contributed by atoms with Crippen LogP contribution in [-0.2, 0) is 11.3 Å². The highest BCUT2D eigenvalue weighted by atomic mass is 16.2. The quantitative estimate of drug-likeness (QED) is 0.852. The Bertz CT molecular complexity index is 591. The molecule has 0 saturated heterocycles. The van der Waals surface area contributed by atoms with Crippen molar-refractivity contribution in [3.63, 3.8) is 0 Å². The van der Waals surface area contributed by atoms with Crippen LogP contribution in [0.4, 0.5) is 5.69 Å². The van der Waals surface area contributed by atoms with E-state index in [-0.39, 0.29) is 5.91 Å². The standard InChI is InChI=1S/C17H24N4O/c1-17(2,13-18)20(4)16(22)12-21-10-9-19(3)15-8-6-5-7-14(15)11-21/h5-8H,9-12H2,1-4H3. The lowest BCUT2D eigenvalue weighted by Gasteiger charge is -2.31. The number of hydrogen-bond donors (Lipinski definition) is 0. The van der Waals surface area contributed by atoms with Gasteiger partial charge in [-0.25, -0.2) is 0 Å². The summed E-state index contributed by atoms with van der Waals surface area (Å²) in [5.74, 6) is -0.0198. The van der Waals surface area contributed by atoms with E-state index in [1.807, 2.05) is 12.1 Å². The fourth-order valence-electron chi connectivity index (χ4n) is 2.57. The first-order valence-electron chi connectivity index (χ1n) is 7.54. The van der Waals surface area contributed by atoms with Crippen LogP contribution in [0.1, 0.15) is 19.4 Å². The lowest BCUT2D eigenvalue weighted by Crippen LogP contribution is -2.48. The molecule has 5 heteroatoms. The summed E-state index contributed by atoms with van der Waals surface area (Å²) in [5.41, 5.74) is 1.68. The second-order valence-electron chi connectivity index (χ2n) is 6.38. The van der Waals surface area contributed by atoms with E-state index in [0.29, 0.717) is 6.54 Å². The van der Waals surface area contributed by atoms with E-state index >= 15 is 0 Å². The van der Waals surface area contributed by atoms with Crippen molar-refractivity contribution < 1.29 is 4.79 Å². The average Bonchev–Trinajstić information content (AvgIpc) is 2.66. The van der Waals surface area contributed by atoms with Gasteiger partial charge in [0.1, 0.15) is 5.54 Å². The average molecular weight is 300 g/mol. The first kappa shape index (κ1) is 16.3.